The number of nitriles is 1. The van der Waals surface area contributed by atoms with Gasteiger partial charge in [-0.05, 0) is 48.5 Å². The summed E-state index contributed by atoms with van der Waals surface area (Å²) in [6.07, 6.45) is -2.89. The summed E-state index contributed by atoms with van der Waals surface area (Å²) >= 11 is 6.06. The average Bonchev–Trinajstić information content (AvgIpc) is 3.46. The van der Waals surface area contributed by atoms with Crippen LogP contribution in [-0.2, 0) is 14.8 Å². The fraction of sp³-hybridized carbons (Fsp3) is 0.0909. The van der Waals surface area contributed by atoms with E-state index in [4.69, 9.17) is 26.7 Å². The predicted molar refractivity (Wildman–Crippen MR) is 116 cm³/mol. The van der Waals surface area contributed by atoms with Gasteiger partial charge in [0.05, 0.1) is 21.6 Å². The van der Waals surface area contributed by atoms with E-state index in [-0.39, 0.29) is 26.8 Å². The Bertz CT molecular complexity index is 1460. The molecule has 0 aromatic heterocycles. The number of halogens is 4. The lowest BCUT2D eigenvalue weighted by Crippen LogP contribution is -2.12. The normalized spacial score (nSPS) is 15.4. The number of ether oxygens (including phenoxy) is 1. The molecule has 1 heterocycles. The predicted octanol–water partition coefficient (Wildman–Crippen LogP) is 4.82. The van der Waals surface area contributed by atoms with Crippen molar-refractivity contribution in [1.29, 1.82) is 5.26 Å². The van der Waals surface area contributed by atoms with E-state index in [1.165, 1.54) is 41.3 Å². The van der Waals surface area contributed by atoms with E-state index in [0.29, 0.717) is 5.69 Å². The Morgan fingerprint density at radius 2 is 1.79 bits per heavy atom. The van der Waals surface area contributed by atoms with Crippen LogP contribution in [0.4, 0.5) is 18.9 Å². The molecule has 1 aliphatic rings. The van der Waals surface area contributed by atoms with E-state index in [1.807, 2.05) is 0 Å². The molecule has 34 heavy (non-hydrogen) atoms. The van der Waals surface area contributed by atoms with Crippen LogP contribution in [0.1, 0.15) is 29.2 Å². The third-order valence-electron chi connectivity index (χ3n) is 5.01. The molecule has 3 aromatic carbocycles. The Kier molecular flexibility index (Phi) is 5.99. The molecule has 0 saturated carbocycles. The fourth-order valence-electron chi connectivity index (χ4n) is 3.36. The van der Waals surface area contributed by atoms with Gasteiger partial charge in [0, 0.05) is 16.8 Å². The molecule has 1 atom stereocenters. The minimum Gasteiger partial charge on any atom is -0.453 e. The summed E-state index contributed by atoms with van der Waals surface area (Å²) in [6, 6.07) is 11.5. The number of carbonyl (C=O) groups is 1. The van der Waals surface area contributed by atoms with Gasteiger partial charge in [0.1, 0.15) is 11.8 Å². The minimum atomic E-state index is -3.93. The summed E-state index contributed by atoms with van der Waals surface area (Å²) < 4.78 is 69.8. The molecule has 0 spiro atoms. The van der Waals surface area contributed by atoms with Crippen LogP contribution < -0.4 is 14.8 Å². The lowest BCUT2D eigenvalue weighted by atomic mass is 10.1. The molecule has 0 radical (unpaired) electrons. The van der Waals surface area contributed by atoms with Gasteiger partial charge in [-0.1, -0.05) is 17.7 Å². The van der Waals surface area contributed by atoms with Crippen LogP contribution in [-0.4, -0.2) is 14.3 Å². The first-order valence-corrected chi connectivity index (χ1v) is 11.4. The number of sulfonamides is 1. The first-order chi connectivity index (χ1) is 16.0. The van der Waals surface area contributed by atoms with Crippen molar-refractivity contribution in [3.63, 3.8) is 0 Å². The van der Waals surface area contributed by atoms with Crippen LogP contribution in [0.5, 0.6) is 11.5 Å². The van der Waals surface area contributed by atoms with Gasteiger partial charge < -0.3 is 4.74 Å². The van der Waals surface area contributed by atoms with Gasteiger partial charge >= 0.3 is 0 Å². The Balaban J connectivity index is 1.66. The van der Waals surface area contributed by atoms with Crippen molar-refractivity contribution < 1.29 is 31.1 Å². The van der Waals surface area contributed by atoms with Gasteiger partial charge in [-0.3, -0.25) is 9.69 Å². The fourth-order valence-corrected chi connectivity index (χ4v) is 4.06. The van der Waals surface area contributed by atoms with Gasteiger partial charge in [0.2, 0.25) is 10.0 Å². The average molecular weight is 508 g/mol. The first-order valence-electron chi connectivity index (χ1n) is 9.46. The van der Waals surface area contributed by atoms with Gasteiger partial charge in [-0.2, -0.15) is 5.26 Å². The highest BCUT2D eigenvalue weighted by atomic mass is 35.5. The Labute approximate surface area is 196 Å². The molecule has 3 aromatic rings. The van der Waals surface area contributed by atoms with Gasteiger partial charge in [0.25, 0.3) is 12.3 Å². The Morgan fingerprint density at radius 1 is 1.12 bits per heavy atom. The zero-order chi connectivity index (χ0) is 24.8. The number of carbonyl (C=O) groups excluding carboxylic acids is 1. The molecular weight excluding hydrogens is 495 g/mol. The zero-order valence-corrected chi connectivity index (χ0v) is 18.4. The van der Waals surface area contributed by atoms with E-state index >= 15 is 4.39 Å². The second kappa shape index (κ2) is 8.64. The van der Waals surface area contributed by atoms with Gasteiger partial charge in [0.15, 0.2) is 11.6 Å². The molecule has 4 rings (SSSR count). The second-order valence-electron chi connectivity index (χ2n) is 7.23. The van der Waals surface area contributed by atoms with E-state index < -0.39 is 45.5 Å². The molecule has 2 N–H and O–H groups in total. The SMILES string of the molecule is N#Cc1cc(Oc2c(Cl)ccc(C3C(=O)N3c3ccc(S(N)(=O)=O)cc3)c2F)cc(C(F)F)c1. The molecule has 0 aliphatic carbocycles. The Morgan fingerprint density at radius 3 is 2.38 bits per heavy atom. The molecular formula is C22H13ClF3N3O4S. The standard InChI is InChI=1S/C22H13ClF3N3O4S/c23-17-6-5-16(19-22(30)29(19)13-1-3-15(4-2-13)34(28,31)32)18(24)20(17)33-14-8-11(10-27)7-12(9-14)21(25)26/h1-9,19,21H,(H2,28,31,32). The van der Waals surface area contributed by atoms with Crippen molar-refractivity contribution in [2.45, 2.75) is 17.4 Å². The number of amides is 1. The first kappa shape index (κ1) is 23.6. The third-order valence-corrected chi connectivity index (χ3v) is 6.24. The van der Waals surface area contributed by atoms with E-state index in [2.05, 4.69) is 0 Å². The largest absolute Gasteiger partial charge is 0.453 e. The van der Waals surface area contributed by atoms with Crippen LogP contribution in [0.2, 0.25) is 5.02 Å². The van der Waals surface area contributed by atoms with Crippen molar-refractivity contribution in [1.82, 2.24) is 0 Å². The van der Waals surface area contributed by atoms with Crippen LogP contribution in [0, 0.1) is 17.1 Å². The topological polar surface area (TPSA) is 113 Å². The molecule has 1 unspecified atom stereocenters. The van der Waals surface area contributed by atoms with Crippen molar-refractivity contribution in [2.24, 2.45) is 5.14 Å². The number of nitrogens with two attached hydrogens (primary N) is 1. The van der Waals surface area contributed by atoms with Crippen molar-refractivity contribution in [2.75, 3.05) is 4.90 Å². The third kappa shape index (κ3) is 4.43. The van der Waals surface area contributed by atoms with Gasteiger partial charge in [-0.25, -0.2) is 26.7 Å². The van der Waals surface area contributed by atoms with Crippen LogP contribution in [0.15, 0.2) is 59.5 Å². The molecule has 1 fully saturated rings. The maximum absolute atomic E-state index is 15.3. The van der Waals surface area contributed by atoms with E-state index in [0.717, 1.165) is 18.2 Å². The van der Waals surface area contributed by atoms with Crippen LogP contribution >= 0.6 is 11.6 Å². The molecule has 1 amide bonds. The zero-order valence-electron chi connectivity index (χ0n) is 16.9. The number of nitrogens with zero attached hydrogens (tertiary/aromatic N) is 2. The summed E-state index contributed by atoms with van der Waals surface area (Å²) in [7, 11) is -3.93. The minimum absolute atomic E-state index is 0.0922. The van der Waals surface area contributed by atoms with Crippen LogP contribution in [0.3, 0.4) is 0 Å². The second-order valence-corrected chi connectivity index (χ2v) is 9.20. The summed E-state index contributed by atoms with van der Waals surface area (Å²) in [4.78, 5) is 13.5. The maximum Gasteiger partial charge on any atom is 0.264 e. The highest BCUT2D eigenvalue weighted by Gasteiger charge is 2.50. The smallest absolute Gasteiger partial charge is 0.264 e. The molecule has 1 saturated heterocycles. The highest BCUT2D eigenvalue weighted by molar-refractivity contribution is 7.89. The van der Waals surface area contributed by atoms with Crippen LogP contribution in [0.25, 0.3) is 0 Å². The molecule has 174 valence electrons. The number of anilines is 1. The number of alkyl halides is 2. The van der Waals surface area contributed by atoms with Crippen molar-refractivity contribution in [3.05, 3.63) is 82.1 Å². The molecule has 0 bridgehead atoms. The summed E-state index contributed by atoms with van der Waals surface area (Å²) in [6.45, 7) is 0. The maximum atomic E-state index is 15.3. The van der Waals surface area contributed by atoms with Crippen molar-refractivity contribution >= 4 is 33.2 Å². The lowest BCUT2D eigenvalue weighted by molar-refractivity contribution is -0.110. The number of rotatable bonds is 6. The van der Waals surface area contributed by atoms with E-state index in [1.54, 1.807) is 6.07 Å². The monoisotopic (exact) mass is 507 g/mol. The molecule has 1 aliphatic heterocycles. The number of hydrogen-bond acceptors (Lipinski definition) is 5. The lowest BCUT2D eigenvalue weighted by Gasteiger charge is -2.13. The molecule has 12 heteroatoms. The summed E-state index contributed by atoms with van der Waals surface area (Å²) in [5, 5.41) is 13.9. The highest BCUT2D eigenvalue weighted by Crippen LogP contribution is 2.46. The summed E-state index contributed by atoms with van der Waals surface area (Å²) in [5.74, 6) is -2.19. The quantitative estimate of drug-likeness (QED) is 0.481. The summed E-state index contributed by atoms with van der Waals surface area (Å²) in [5.41, 5.74) is -0.395. The number of hydrogen-bond donors (Lipinski definition) is 1. The van der Waals surface area contributed by atoms with Gasteiger partial charge in [-0.15, -0.1) is 0 Å². The number of benzene rings is 3. The van der Waals surface area contributed by atoms with Crippen molar-refractivity contribution in [3.8, 4) is 17.6 Å². The molecule has 7 nitrogen and oxygen atoms in total. The van der Waals surface area contributed by atoms with E-state index in [9.17, 15) is 22.0 Å². The Hall–Kier alpha value is -3.59. The number of primary sulfonamides is 1.